The third-order valence-electron chi connectivity index (χ3n) is 2.03. The van der Waals surface area contributed by atoms with E-state index >= 15 is 0 Å². The Hall–Kier alpha value is -0.590. The van der Waals surface area contributed by atoms with Crippen LogP contribution in [0.1, 0.15) is 20.3 Å². The SMILES string of the molecule is CC(C#N)NC1CCOC1C. The van der Waals surface area contributed by atoms with E-state index < -0.39 is 0 Å². The van der Waals surface area contributed by atoms with E-state index in [2.05, 4.69) is 11.4 Å². The summed E-state index contributed by atoms with van der Waals surface area (Å²) in [5.74, 6) is 0. The molecule has 3 heteroatoms. The van der Waals surface area contributed by atoms with E-state index in [0.29, 0.717) is 6.04 Å². The molecule has 3 nitrogen and oxygen atoms in total. The van der Waals surface area contributed by atoms with Crippen LogP contribution in [-0.4, -0.2) is 24.8 Å². The number of nitrogens with one attached hydrogen (secondary N) is 1. The molecule has 3 unspecified atom stereocenters. The van der Waals surface area contributed by atoms with Crippen molar-refractivity contribution in [2.24, 2.45) is 0 Å². The van der Waals surface area contributed by atoms with E-state index in [1.165, 1.54) is 0 Å². The molecule has 0 radical (unpaired) electrons. The highest BCUT2D eigenvalue weighted by atomic mass is 16.5. The average molecular weight is 154 g/mol. The van der Waals surface area contributed by atoms with Gasteiger partial charge in [-0.25, -0.2) is 0 Å². The van der Waals surface area contributed by atoms with Gasteiger partial charge >= 0.3 is 0 Å². The van der Waals surface area contributed by atoms with E-state index in [9.17, 15) is 0 Å². The maximum absolute atomic E-state index is 8.53. The molecule has 11 heavy (non-hydrogen) atoms. The fourth-order valence-corrected chi connectivity index (χ4v) is 1.31. The second-order valence-electron chi connectivity index (χ2n) is 2.99. The molecule has 1 aliphatic heterocycles. The van der Waals surface area contributed by atoms with E-state index in [4.69, 9.17) is 10.00 Å². The van der Waals surface area contributed by atoms with Gasteiger partial charge in [-0.1, -0.05) is 0 Å². The molecule has 0 saturated carbocycles. The van der Waals surface area contributed by atoms with Gasteiger partial charge in [0.05, 0.1) is 18.2 Å². The summed E-state index contributed by atoms with van der Waals surface area (Å²) < 4.78 is 5.34. The lowest BCUT2D eigenvalue weighted by Crippen LogP contribution is -2.39. The molecule has 3 atom stereocenters. The van der Waals surface area contributed by atoms with Crippen molar-refractivity contribution in [1.82, 2.24) is 5.32 Å². The summed E-state index contributed by atoms with van der Waals surface area (Å²) in [7, 11) is 0. The van der Waals surface area contributed by atoms with Crippen LogP contribution < -0.4 is 5.32 Å². The molecule has 1 aliphatic rings. The van der Waals surface area contributed by atoms with Crippen molar-refractivity contribution in [2.45, 2.75) is 38.5 Å². The third kappa shape index (κ3) is 2.18. The second-order valence-corrected chi connectivity index (χ2v) is 2.99. The molecule has 1 rings (SSSR count). The van der Waals surface area contributed by atoms with Crippen LogP contribution in [0.3, 0.4) is 0 Å². The predicted octanol–water partition coefficient (Wildman–Crippen LogP) is 0.665. The molecule has 0 aliphatic carbocycles. The number of hydrogen-bond acceptors (Lipinski definition) is 3. The van der Waals surface area contributed by atoms with Crippen molar-refractivity contribution in [3.63, 3.8) is 0 Å². The Balaban J connectivity index is 2.32. The van der Waals surface area contributed by atoms with E-state index in [-0.39, 0.29) is 12.1 Å². The average Bonchev–Trinajstić information content (AvgIpc) is 2.37. The van der Waals surface area contributed by atoms with Crippen molar-refractivity contribution in [3.05, 3.63) is 0 Å². The van der Waals surface area contributed by atoms with Gasteiger partial charge < -0.3 is 4.74 Å². The van der Waals surface area contributed by atoms with Crippen LogP contribution in [0.2, 0.25) is 0 Å². The zero-order chi connectivity index (χ0) is 8.27. The molecule has 0 aromatic heterocycles. The molecule has 0 aromatic carbocycles. The van der Waals surface area contributed by atoms with Gasteiger partial charge in [0.25, 0.3) is 0 Å². The summed E-state index contributed by atoms with van der Waals surface area (Å²) in [6, 6.07) is 2.45. The monoisotopic (exact) mass is 154 g/mol. The van der Waals surface area contributed by atoms with E-state index in [0.717, 1.165) is 13.0 Å². The summed E-state index contributed by atoms with van der Waals surface area (Å²) in [4.78, 5) is 0. The molecule has 0 aromatic rings. The van der Waals surface area contributed by atoms with Gasteiger partial charge in [-0.3, -0.25) is 5.32 Å². The van der Waals surface area contributed by atoms with Crippen LogP contribution in [0.15, 0.2) is 0 Å². The minimum Gasteiger partial charge on any atom is -0.377 e. The zero-order valence-electron chi connectivity index (χ0n) is 7.00. The van der Waals surface area contributed by atoms with Gasteiger partial charge in [0.2, 0.25) is 0 Å². The van der Waals surface area contributed by atoms with Crippen LogP contribution in [0.4, 0.5) is 0 Å². The molecular formula is C8H14N2O. The fraction of sp³-hybridized carbons (Fsp3) is 0.875. The standard InChI is InChI=1S/C8H14N2O/c1-6(5-9)10-8-3-4-11-7(8)2/h6-8,10H,3-4H2,1-2H3. The van der Waals surface area contributed by atoms with Crippen molar-refractivity contribution in [1.29, 1.82) is 5.26 Å². The van der Waals surface area contributed by atoms with Gasteiger partial charge in [0.1, 0.15) is 0 Å². The highest BCUT2D eigenvalue weighted by Crippen LogP contribution is 2.12. The molecule has 0 amide bonds. The molecular weight excluding hydrogens is 140 g/mol. The highest BCUT2D eigenvalue weighted by molar-refractivity contribution is 4.91. The van der Waals surface area contributed by atoms with Gasteiger partial charge in [-0.15, -0.1) is 0 Å². The Morgan fingerprint density at radius 3 is 2.91 bits per heavy atom. The molecule has 0 bridgehead atoms. The Labute approximate surface area is 67.3 Å². The summed E-state index contributed by atoms with van der Waals surface area (Å²) >= 11 is 0. The molecule has 1 saturated heterocycles. The topological polar surface area (TPSA) is 45.0 Å². The summed E-state index contributed by atoms with van der Waals surface area (Å²) in [5, 5.41) is 11.7. The smallest absolute Gasteiger partial charge is 0.0927 e. The van der Waals surface area contributed by atoms with Gasteiger partial charge in [0, 0.05) is 12.6 Å². The normalized spacial score (nSPS) is 33.2. The maximum atomic E-state index is 8.53. The third-order valence-corrected chi connectivity index (χ3v) is 2.03. The number of hydrogen-bond donors (Lipinski definition) is 1. The Morgan fingerprint density at radius 2 is 2.45 bits per heavy atom. The molecule has 1 fully saturated rings. The van der Waals surface area contributed by atoms with Crippen LogP contribution >= 0.6 is 0 Å². The lowest BCUT2D eigenvalue weighted by atomic mass is 10.1. The minimum atomic E-state index is -0.0656. The summed E-state index contributed by atoms with van der Waals surface area (Å²) in [5.41, 5.74) is 0. The second kappa shape index (κ2) is 3.70. The first-order valence-electron chi connectivity index (χ1n) is 4.01. The Bertz CT molecular complexity index is 164. The van der Waals surface area contributed by atoms with Crippen molar-refractivity contribution in [2.75, 3.05) is 6.61 Å². The Morgan fingerprint density at radius 1 is 1.73 bits per heavy atom. The largest absolute Gasteiger partial charge is 0.377 e. The van der Waals surface area contributed by atoms with Crippen molar-refractivity contribution >= 4 is 0 Å². The van der Waals surface area contributed by atoms with Crippen molar-refractivity contribution < 1.29 is 4.74 Å². The lowest BCUT2D eigenvalue weighted by Gasteiger charge is -2.16. The summed E-state index contributed by atoms with van der Waals surface area (Å²) in [6.45, 7) is 4.72. The number of nitriles is 1. The van der Waals surface area contributed by atoms with Crippen molar-refractivity contribution in [3.8, 4) is 6.07 Å². The van der Waals surface area contributed by atoms with Crippen LogP contribution in [0, 0.1) is 11.3 Å². The summed E-state index contributed by atoms with van der Waals surface area (Å²) in [6.07, 6.45) is 1.28. The fourth-order valence-electron chi connectivity index (χ4n) is 1.31. The highest BCUT2D eigenvalue weighted by Gasteiger charge is 2.24. The quantitative estimate of drug-likeness (QED) is 0.635. The molecule has 62 valence electrons. The first-order chi connectivity index (χ1) is 5.24. The number of rotatable bonds is 2. The number of nitrogens with zero attached hydrogens (tertiary/aromatic N) is 1. The van der Waals surface area contributed by atoms with Gasteiger partial charge in [0.15, 0.2) is 0 Å². The number of ether oxygens (including phenoxy) is 1. The molecule has 0 spiro atoms. The van der Waals surface area contributed by atoms with Crippen LogP contribution in [0.25, 0.3) is 0 Å². The van der Waals surface area contributed by atoms with Gasteiger partial charge in [-0.2, -0.15) is 5.26 Å². The van der Waals surface area contributed by atoms with E-state index in [1.54, 1.807) is 0 Å². The Kier molecular flexibility index (Phi) is 2.86. The van der Waals surface area contributed by atoms with E-state index in [1.807, 2.05) is 13.8 Å². The van der Waals surface area contributed by atoms with Gasteiger partial charge in [-0.05, 0) is 20.3 Å². The lowest BCUT2D eigenvalue weighted by molar-refractivity contribution is 0.112. The first kappa shape index (κ1) is 8.51. The van der Waals surface area contributed by atoms with Crippen LogP contribution in [-0.2, 0) is 4.74 Å². The predicted molar refractivity (Wildman–Crippen MR) is 42.0 cm³/mol. The maximum Gasteiger partial charge on any atom is 0.0927 e. The molecule has 1 N–H and O–H groups in total. The zero-order valence-corrected chi connectivity index (χ0v) is 7.00. The van der Waals surface area contributed by atoms with Crippen LogP contribution in [0.5, 0.6) is 0 Å². The minimum absolute atomic E-state index is 0.0656. The first-order valence-corrected chi connectivity index (χ1v) is 4.01. The molecule has 1 heterocycles.